The van der Waals surface area contributed by atoms with Gasteiger partial charge in [0.15, 0.2) is 11.6 Å². The fourth-order valence-electron chi connectivity index (χ4n) is 4.93. The van der Waals surface area contributed by atoms with Crippen molar-refractivity contribution in [3.05, 3.63) is 34.9 Å². The van der Waals surface area contributed by atoms with E-state index in [1.807, 2.05) is 4.90 Å². The molecule has 0 aromatic heterocycles. The average Bonchev–Trinajstić information content (AvgIpc) is 3.06. The van der Waals surface area contributed by atoms with Crippen molar-refractivity contribution >= 4 is 11.7 Å². The predicted molar refractivity (Wildman–Crippen MR) is 111 cm³/mol. The summed E-state index contributed by atoms with van der Waals surface area (Å²) in [5.74, 6) is -1.56. The Morgan fingerprint density at radius 3 is 2.67 bits per heavy atom. The standard InChI is InChI=1S/C22H32F2N4O2/c1-3-14(2)28-8-7-27(13-20(28)26)21(30)12-19(25)22(6-9-29)5-4-15-10-17(23)18(24)11-16(15)22/h10-11,14,19,26,29H,3-9,12-13,25H2,1-2H3. The molecule has 2 aliphatic rings. The van der Waals surface area contributed by atoms with Crippen molar-refractivity contribution in [3.8, 4) is 0 Å². The van der Waals surface area contributed by atoms with Crippen LogP contribution in [-0.4, -0.2) is 65.0 Å². The smallest absolute Gasteiger partial charge is 0.224 e. The van der Waals surface area contributed by atoms with E-state index in [2.05, 4.69) is 13.8 Å². The summed E-state index contributed by atoms with van der Waals surface area (Å²) in [6.45, 7) is 5.38. The first-order valence-electron chi connectivity index (χ1n) is 10.7. The molecule has 1 saturated heterocycles. The molecule has 1 aliphatic heterocycles. The van der Waals surface area contributed by atoms with Gasteiger partial charge >= 0.3 is 0 Å². The lowest BCUT2D eigenvalue weighted by Crippen LogP contribution is -2.56. The van der Waals surface area contributed by atoms with Gasteiger partial charge in [-0.3, -0.25) is 10.2 Å². The van der Waals surface area contributed by atoms with E-state index in [0.29, 0.717) is 42.9 Å². The highest BCUT2D eigenvalue weighted by Gasteiger charge is 2.45. The van der Waals surface area contributed by atoms with Gasteiger partial charge in [0.05, 0.1) is 6.54 Å². The molecular formula is C22H32F2N4O2. The molecule has 4 N–H and O–H groups in total. The lowest BCUT2D eigenvalue weighted by molar-refractivity contribution is -0.132. The second-order valence-electron chi connectivity index (χ2n) is 8.58. The van der Waals surface area contributed by atoms with Crippen LogP contribution in [0.25, 0.3) is 0 Å². The van der Waals surface area contributed by atoms with Crippen LogP contribution in [-0.2, 0) is 16.6 Å². The molecule has 1 fully saturated rings. The maximum absolute atomic E-state index is 14.0. The van der Waals surface area contributed by atoms with Crippen molar-refractivity contribution in [3.63, 3.8) is 0 Å². The number of amides is 1. The maximum atomic E-state index is 14.0. The average molecular weight is 423 g/mol. The van der Waals surface area contributed by atoms with Crippen molar-refractivity contribution in [2.45, 2.75) is 63.5 Å². The molecule has 166 valence electrons. The number of amidine groups is 1. The van der Waals surface area contributed by atoms with Gasteiger partial charge in [-0.15, -0.1) is 0 Å². The number of halogens is 2. The fourth-order valence-corrected chi connectivity index (χ4v) is 4.93. The summed E-state index contributed by atoms with van der Waals surface area (Å²) in [7, 11) is 0. The molecule has 6 nitrogen and oxygen atoms in total. The summed E-state index contributed by atoms with van der Waals surface area (Å²) in [6, 6.07) is 2.01. The van der Waals surface area contributed by atoms with Gasteiger partial charge in [-0.05, 0) is 55.9 Å². The van der Waals surface area contributed by atoms with E-state index < -0.39 is 23.1 Å². The number of carbonyl (C=O) groups is 1. The van der Waals surface area contributed by atoms with Gasteiger partial charge in [0, 0.05) is 43.6 Å². The SMILES string of the molecule is CCC(C)N1CCN(C(=O)CC(N)C2(CCO)CCc3cc(F)c(F)cc32)CC1=N. The Morgan fingerprint density at radius 1 is 1.33 bits per heavy atom. The Kier molecular flexibility index (Phi) is 6.77. The first-order chi connectivity index (χ1) is 14.2. The number of fused-ring (bicyclic) bond motifs is 1. The molecule has 0 spiro atoms. The number of piperazine rings is 1. The Labute approximate surface area is 176 Å². The number of carbonyl (C=O) groups excluding carboxylic acids is 1. The predicted octanol–water partition coefficient (Wildman–Crippen LogP) is 2.17. The quantitative estimate of drug-likeness (QED) is 0.628. The van der Waals surface area contributed by atoms with Crippen molar-refractivity contribution in [1.29, 1.82) is 5.41 Å². The van der Waals surface area contributed by atoms with E-state index in [4.69, 9.17) is 11.1 Å². The summed E-state index contributed by atoms with van der Waals surface area (Å²) in [4.78, 5) is 16.6. The van der Waals surface area contributed by atoms with Gasteiger partial charge in [-0.25, -0.2) is 8.78 Å². The zero-order valence-electron chi connectivity index (χ0n) is 17.8. The van der Waals surface area contributed by atoms with Crippen molar-refractivity contribution in [2.75, 3.05) is 26.2 Å². The number of aryl methyl sites for hydroxylation is 1. The summed E-state index contributed by atoms with van der Waals surface area (Å²) >= 11 is 0. The van der Waals surface area contributed by atoms with Crippen molar-refractivity contribution in [1.82, 2.24) is 9.80 Å². The number of hydrogen-bond donors (Lipinski definition) is 3. The van der Waals surface area contributed by atoms with Gasteiger partial charge in [-0.2, -0.15) is 0 Å². The lowest BCUT2D eigenvalue weighted by Gasteiger charge is -2.41. The number of nitrogens with zero attached hydrogens (tertiary/aromatic N) is 2. The molecule has 1 heterocycles. The monoisotopic (exact) mass is 422 g/mol. The second kappa shape index (κ2) is 8.98. The first-order valence-corrected chi connectivity index (χ1v) is 10.7. The van der Waals surface area contributed by atoms with Gasteiger partial charge in [0.2, 0.25) is 5.91 Å². The fraction of sp³-hybridized carbons (Fsp3) is 0.636. The number of rotatable bonds is 7. The highest BCUT2D eigenvalue weighted by Crippen LogP contribution is 2.45. The number of nitrogens with one attached hydrogen (secondary N) is 1. The summed E-state index contributed by atoms with van der Waals surface area (Å²) in [5.41, 5.74) is 7.03. The van der Waals surface area contributed by atoms with Crippen molar-refractivity contribution in [2.24, 2.45) is 5.73 Å². The maximum Gasteiger partial charge on any atom is 0.224 e. The van der Waals surface area contributed by atoms with Crippen LogP contribution in [0.15, 0.2) is 12.1 Å². The molecule has 3 unspecified atom stereocenters. The van der Waals surface area contributed by atoms with Gasteiger partial charge in [0.1, 0.15) is 5.84 Å². The van der Waals surface area contributed by atoms with E-state index in [1.54, 1.807) is 4.90 Å². The molecule has 1 aliphatic carbocycles. The van der Waals surface area contributed by atoms with Gasteiger partial charge < -0.3 is 20.6 Å². The second-order valence-corrected chi connectivity index (χ2v) is 8.58. The van der Waals surface area contributed by atoms with Crippen LogP contribution in [0.5, 0.6) is 0 Å². The third kappa shape index (κ3) is 4.07. The van der Waals surface area contributed by atoms with Gasteiger partial charge in [0.25, 0.3) is 0 Å². The molecule has 1 aromatic rings. The largest absolute Gasteiger partial charge is 0.396 e. The minimum atomic E-state index is -0.939. The Balaban J connectivity index is 1.75. The minimum Gasteiger partial charge on any atom is -0.396 e. The first kappa shape index (κ1) is 22.6. The molecule has 30 heavy (non-hydrogen) atoms. The van der Waals surface area contributed by atoms with E-state index in [1.165, 1.54) is 12.1 Å². The minimum absolute atomic E-state index is 0.0368. The molecule has 0 saturated carbocycles. The number of aliphatic hydroxyl groups excluding tert-OH is 1. The number of hydrogen-bond acceptors (Lipinski definition) is 4. The van der Waals surface area contributed by atoms with E-state index >= 15 is 0 Å². The van der Waals surface area contributed by atoms with Crippen LogP contribution in [0.1, 0.15) is 50.7 Å². The third-order valence-corrected chi connectivity index (χ3v) is 6.96. The topological polar surface area (TPSA) is 93.7 Å². The third-order valence-electron chi connectivity index (χ3n) is 6.96. The summed E-state index contributed by atoms with van der Waals surface area (Å²) in [6.07, 6.45) is 2.33. The number of aliphatic hydroxyl groups is 1. The normalized spacial score (nSPS) is 23.5. The summed E-state index contributed by atoms with van der Waals surface area (Å²) < 4.78 is 27.6. The van der Waals surface area contributed by atoms with Crippen LogP contribution >= 0.6 is 0 Å². The highest BCUT2D eigenvalue weighted by atomic mass is 19.2. The Bertz CT molecular complexity index is 819. The van der Waals surface area contributed by atoms with Crippen LogP contribution in [0, 0.1) is 17.0 Å². The highest BCUT2D eigenvalue weighted by molar-refractivity contribution is 5.88. The van der Waals surface area contributed by atoms with E-state index in [9.17, 15) is 18.7 Å². The molecule has 1 amide bonds. The molecular weight excluding hydrogens is 390 g/mol. The molecule has 3 rings (SSSR count). The Hall–Kier alpha value is -2.06. The Morgan fingerprint density at radius 2 is 2.03 bits per heavy atom. The molecule has 0 radical (unpaired) electrons. The zero-order valence-corrected chi connectivity index (χ0v) is 17.8. The van der Waals surface area contributed by atoms with Crippen LogP contribution < -0.4 is 5.73 Å². The molecule has 3 atom stereocenters. The lowest BCUT2D eigenvalue weighted by atomic mass is 9.71. The van der Waals surface area contributed by atoms with Crippen molar-refractivity contribution < 1.29 is 18.7 Å². The number of benzene rings is 1. The van der Waals surface area contributed by atoms with E-state index in [0.717, 1.165) is 6.42 Å². The zero-order chi connectivity index (χ0) is 22.1. The van der Waals surface area contributed by atoms with Crippen LogP contribution in [0.4, 0.5) is 8.78 Å². The van der Waals surface area contributed by atoms with Gasteiger partial charge in [-0.1, -0.05) is 6.92 Å². The van der Waals surface area contributed by atoms with Crippen LogP contribution in [0.3, 0.4) is 0 Å². The molecule has 0 bridgehead atoms. The molecule has 1 aromatic carbocycles. The number of nitrogens with two attached hydrogens (primary N) is 1. The van der Waals surface area contributed by atoms with E-state index in [-0.39, 0.29) is 37.9 Å². The summed E-state index contributed by atoms with van der Waals surface area (Å²) in [5, 5.41) is 17.9. The van der Waals surface area contributed by atoms with Crippen LogP contribution in [0.2, 0.25) is 0 Å². The molecule has 8 heteroatoms.